The summed E-state index contributed by atoms with van der Waals surface area (Å²) in [5.41, 5.74) is 0.899. The molecule has 3 heteroatoms. The maximum absolute atomic E-state index is 11.9. The summed E-state index contributed by atoms with van der Waals surface area (Å²) < 4.78 is 4.63. The molecule has 0 aliphatic heterocycles. The fraction of sp³-hybridized carbons (Fsp3) is 0.286. The number of hydrogen-bond donors (Lipinski definition) is 0. The van der Waals surface area contributed by atoms with Crippen LogP contribution in [0.5, 0.6) is 0 Å². The lowest BCUT2D eigenvalue weighted by atomic mass is 9.99. The number of carbonyl (C=O) groups is 2. The Hall–Kier alpha value is -1.90. The van der Waals surface area contributed by atoms with Crippen molar-refractivity contribution in [3.8, 4) is 0 Å². The molecule has 0 aliphatic carbocycles. The summed E-state index contributed by atoms with van der Waals surface area (Å²) in [7, 11) is 1.27. The molecule has 0 amide bonds. The van der Waals surface area contributed by atoms with Crippen molar-refractivity contribution in [2.45, 2.75) is 13.8 Å². The molecule has 0 aromatic heterocycles. The second kappa shape index (κ2) is 5.99. The highest BCUT2D eigenvalue weighted by Gasteiger charge is 2.21. The fourth-order valence-electron chi connectivity index (χ4n) is 1.37. The average molecular weight is 232 g/mol. The Kier molecular flexibility index (Phi) is 4.64. The molecule has 17 heavy (non-hydrogen) atoms. The van der Waals surface area contributed by atoms with Crippen LogP contribution < -0.4 is 0 Å². The van der Waals surface area contributed by atoms with Crippen LogP contribution >= 0.6 is 0 Å². The number of rotatable bonds is 4. The van der Waals surface area contributed by atoms with E-state index >= 15 is 0 Å². The highest BCUT2D eigenvalue weighted by atomic mass is 16.5. The minimum absolute atomic E-state index is 0.0914. The topological polar surface area (TPSA) is 43.4 Å². The van der Waals surface area contributed by atoms with Crippen LogP contribution in [-0.2, 0) is 14.3 Å². The van der Waals surface area contributed by atoms with E-state index in [0.717, 1.165) is 5.56 Å². The van der Waals surface area contributed by atoms with Crippen molar-refractivity contribution in [2.75, 3.05) is 7.11 Å². The number of benzene rings is 1. The predicted molar refractivity (Wildman–Crippen MR) is 66.3 cm³/mol. The zero-order chi connectivity index (χ0) is 12.8. The Morgan fingerprint density at radius 3 is 2.24 bits per heavy atom. The van der Waals surface area contributed by atoms with Crippen LogP contribution in [0.25, 0.3) is 6.08 Å². The molecule has 0 unspecified atom stereocenters. The first-order valence-corrected chi connectivity index (χ1v) is 5.45. The molecule has 1 aromatic rings. The summed E-state index contributed by atoms with van der Waals surface area (Å²) >= 11 is 0. The summed E-state index contributed by atoms with van der Waals surface area (Å²) in [6.07, 6.45) is 1.56. The lowest BCUT2D eigenvalue weighted by molar-refractivity contribution is -0.138. The standard InChI is InChI=1S/C14H16O3/c1-10(2)13(15)12(14(16)17-3)9-11-7-5-4-6-8-11/h4-10H,1-3H3/b12-9+. The molecule has 0 saturated carbocycles. The summed E-state index contributed by atoms with van der Waals surface area (Å²) in [5.74, 6) is -1.03. The molecule has 0 radical (unpaired) electrons. The highest BCUT2D eigenvalue weighted by Crippen LogP contribution is 2.13. The second-order valence-corrected chi connectivity index (χ2v) is 3.98. The number of carbonyl (C=O) groups excluding carboxylic acids is 2. The molecule has 0 fully saturated rings. The molecule has 90 valence electrons. The van der Waals surface area contributed by atoms with Gasteiger partial charge in [0, 0.05) is 5.92 Å². The highest BCUT2D eigenvalue weighted by molar-refractivity contribution is 6.21. The first-order valence-electron chi connectivity index (χ1n) is 5.45. The van der Waals surface area contributed by atoms with Crippen LogP contribution in [0, 0.1) is 5.92 Å². The van der Waals surface area contributed by atoms with Crippen LogP contribution in [0.4, 0.5) is 0 Å². The van der Waals surface area contributed by atoms with Gasteiger partial charge < -0.3 is 4.74 Å². The van der Waals surface area contributed by atoms with E-state index < -0.39 is 5.97 Å². The summed E-state index contributed by atoms with van der Waals surface area (Å²) in [4.78, 5) is 23.4. The van der Waals surface area contributed by atoms with E-state index in [9.17, 15) is 9.59 Å². The van der Waals surface area contributed by atoms with Crippen molar-refractivity contribution in [3.05, 3.63) is 41.5 Å². The van der Waals surface area contributed by atoms with Crippen LogP contribution in [0.3, 0.4) is 0 Å². The molecule has 0 spiro atoms. The minimum Gasteiger partial charge on any atom is -0.465 e. The number of esters is 1. The Labute approximate surface area is 101 Å². The van der Waals surface area contributed by atoms with Gasteiger partial charge in [-0.3, -0.25) is 4.79 Å². The zero-order valence-electron chi connectivity index (χ0n) is 10.3. The van der Waals surface area contributed by atoms with Crippen LogP contribution in [0.2, 0.25) is 0 Å². The SMILES string of the molecule is COC(=O)/C(=C/c1ccccc1)C(=O)C(C)C. The van der Waals surface area contributed by atoms with Crippen molar-refractivity contribution in [3.63, 3.8) is 0 Å². The van der Waals surface area contributed by atoms with Gasteiger partial charge in [0.2, 0.25) is 0 Å². The molecule has 0 bridgehead atoms. The van der Waals surface area contributed by atoms with Gasteiger partial charge in [0.15, 0.2) is 5.78 Å². The van der Waals surface area contributed by atoms with Crippen molar-refractivity contribution >= 4 is 17.8 Å². The van der Waals surface area contributed by atoms with Gasteiger partial charge in [0.25, 0.3) is 0 Å². The van der Waals surface area contributed by atoms with E-state index in [1.54, 1.807) is 19.9 Å². The van der Waals surface area contributed by atoms with Gasteiger partial charge in [-0.25, -0.2) is 4.79 Å². The normalized spacial score (nSPS) is 11.4. The summed E-state index contributed by atoms with van der Waals surface area (Å²) in [5, 5.41) is 0. The van der Waals surface area contributed by atoms with Gasteiger partial charge in [0.1, 0.15) is 5.57 Å². The number of hydrogen-bond acceptors (Lipinski definition) is 3. The third kappa shape index (κ3) is 3.55. The van der Waals surface area contributed by atoms with Gasteiger partial charge in [-0.05, 0) is 11.6 Å². The van der Waals surface area contributed by atoms with Crippen molar-refractivity contribution in [2.24, 2.45) is 5.92 Å². The lowest BCUT2D eigenvalue weighted by Crippen LogP contribution is -2.18. The van der Waals surface area contributed by atoms with E-state index in [1.807, 2.05) is 30.3 Å². The van der Waals surface area contributed by atoms with E-state index in [2.05, 4.69) is 4.74 Å². The van der Waals surface area contributed by atoms with Gasteiger partial charge in [-0.2, -0.15) is 0 Å². The van der Waals surface area contributed by atoms with E-state index in [0.29, 0.717) is 0 Å². The summed E-state index contributed by atoms with van der Waals surface area (Å²) in [6.45, 7) is 3.51. The quantitative estimate of drug-likeness (QED) is 0.346. The number of ketones is 1. The number of methoxy groups -OCH3 is 1. The van der Waals surface area contributed by atoms with Crippen LogP contribution in [0.15, 0.2) is 35.9 Å². The van der Waals surface area contributed by atoms with Crippen LogP contribution in [0.1, 0.15) is 19.4 Å². The van der Waals surface area contributed by atoms with Crippen molar-refractivity contribution < 1.29 is 14.3 Å². The van der Waals surface area contributed by atoms with Gasteiger partial charge in [-0.1, -0.05) is 44.2 Å². The molecule has 0 heterocycles. The third-order valence-electron chi connectivity index (χ3n) is 2.31. The molecular weight excluding hydrogens is 216 g/mol. The maximum Gasteiger partial charge on any atom is 0.341 e. The molecular formula is C14H16O3. The molecule has 1 rings (SSSR count). The van der Waals surface area contributed by atoms with Gasteiger partial charge >= 0.3 is 5.97 Å². The lowest BCUT2D eigenvalue weighted by Gasteiger charge is -2.07. The van der Waals surface area contributed by atoms with Crippen molar-refractivity contribution in [1.29, 1.82) is 0 Å². The molecule has 0 atom stereocenters. The van der Waals surface area contributed by atoms with Crippen molar-refractivity contribution in [1.82, 2.24) is 0 Å². The Bertz CT molecular complexity index is 430. The first-order chi connectivity index (χ1) is 8.06. The molecule has 1 aromatic carbocycles. The van der Waals surface area contributed by atoms with Gasteiger partial charge in [0.05, 0.1) is 7.11 Å². The number of ether oxygens (including phenoxy) is 1. The molecule has 0 aliphatic rings. The fourth-order valence-corrected chi connectivity index (χ4v) is 1.37. The molecule has 0 N–H and O–H groups in total. The average Bonchev–Trinajstić information content (AvgIpc) is 2.35. The molecule has 3 nitrogen and oxygen atoms in total. The Balaban J connectivity index is 3.11. The first kappa shape index (κ1) is 13.2. The van der Waals surface area contributed by atoms with Gasteiger partial charge in [-0.15, -0.1) is 0 Å². The summed E-state index contributed by atoms with van der Waals surface area (Å²) in [6, 6.07) is 9.23. The Morgan fingerprint density at radius 2 is 1.76 bits per heavy atom. The smallest absolute Gasteiger partial charge is 0.341 e. The third-order valence-corrected chi connectivity index (χ3v) is 2.31. The monoisotopic (exact) mass is 232 g/mol. The van der Waals surface area contributed by atoms with E-state index in [-0.39, 0.29) is 17.3 Å². The zero-order valence-corrected chi connectivity index (χ0v) is 10.3. The van der Waals surface area contributed by atoms with E-state index in [4.69, 9.17) is 0 Å². The van der Waals surface area contributed by atoms with E-state index in [1.165, 1.54) is 7.11 Å². The number of Topliss-reactive ketones (excluding diaryl/α,β-unsaturated/α-hetero) is 1. The minimum atomic E-state index is -0.590. The maximum atomic E-state index is 11.9. The molecule has 0 saturated heterocycles. The Morgan fingerprint density at radius 1 is 1.18 bits per heavy atom. The van der Waals surface area contributed by atoms with Crippen LogP contribution in [-0.4, -0.2) is 18.9 Å². The second-order valence-electron chi connectivity index (χ2n) is 3.98. The largest absolute Gasteiger partial charge is 0.465 e. The predicted octanol–water partition coefficient (Wildman–Crippen LogP) is 2.47.